The van der Waals surface area contributed by atoms with Gasteiger partial charge in [-0.25, -0.2) is 0 Å². The van der Waals surface area contributed by atoms with Crippen LogP contribution in [0.3, 0.4) is 0 Å². The Morgan fingerprint density at radius 2 is 2.44 bits per heavy atom. The van der Waals surface area contributed by atoms with E-state index in [0.29, 0.717) is 19.3 Å². The molecule has 2 N–H and O–H groups in total. The van der Waals surface area contributed by atoms with E-state index in [1.807, 2.05) is 4.68 Å². The third-order valence-corrected chi connectivity index (χ3v) is 3.93. The highest BCUT2D eigenvalue weighted by Gasteiger charge is 2.31. The molecule has 0 spiro atoms. The van der Waals surface area contributed by atoms with Crippen LogP contribution < -0.4 is 5.73 Å². The SMILES string of the molecule is COCCn1ncc(Br)c1C(N)C1CCC(C)O1. The lowest BCUT2D eigenvalue weighted by Gasteiger charge is -2.21. The van der Waals surface area contributed by atoms with Crippen molar-refractivity contribution in [1.29, 1.82) is 0 Å². The molecule has 1 aromatic heterocycles. The van der Waals surface area contributed by atoms with Gasteiger partial charge in [0.15, 0.2) is 0 Å². The van der Waals surface area contributed by atoms with Gasteiger partial charge in [-0.3, -0.25) is 4.68 Å². The smallest absolute Gasteiger partial charge is 0.0787 e. The molecule has 6 heteroatoms. The highest BCUT2D eigenvalue weighted by Crippen LogP contribution is 2.31. The Labute approximate surface area is 116 Å². The Balaban J connectivity index is 2.13. The zero-order valence-electron chi connectivity index (χ0n) is 10.8. The van der Waals surface area contributed by atoms with Gasteiger partial charge in [-0.05, 0) is 35.7 Å². The largest absolute Gasteiger partial charge is 0.383 e. The molecule has 0 aliphatic carbocycles. The van der Waals surface area contributed by atoms with Crippen LogP contribution in [0.15, 0.2) is 10.7 Å². The van der Waals surface area contributed by atoms with E-state index >= 15 is 0 Å². The van der Waals surface area contributed by atoms with Crippen molar-refractivity contribution in [3.05, 3.63) is 16.4 Å². The maximum Gasteiger partial charge on any atom is 0.0787 e. The summed E-state index contributed by atoms with van der Waals surface area (Å²) in [5.41, 5.74) is 7.32. The van der Waals surface area contributed by atoms with Crippen molar-refractivity contribution in [2.24, 2.45) is 5.73 Å². The van der Waals surface area contributed by atoms with E-state index in [-0.39, 0.29) is 12.1 Å². The molecule has 0 amide bonds. The molecule has 1 aliphatic rings. The first-order valence-corrected chi connectivity index (χ1v) is 7.04. The van der Waals surface area contributed by atoms with Crippen LogP contribution in [0.2, 0.25) is 0 Å². The van der Waals surface area contributed by atoms with Crippen molar-refractivity contribution in [3.63, 3.8) is 0 Å². The van der Waals surface area contributed by atoms with Gasteiger partial charge in [0.2, 0.25) is 0 Å². The molecule has 1 fully saturated rings. The van der Waals surface area contributed by atoms with Crippen LogP contribution >= 0.6 is 15.9 Å². The predicted molar refractivity (Wildman–Crippen MR) is 72.3 cm³/mol. The second kappa shape index (κ2) is 6.14. The van der Waals surface area contributed by atoms with Crippen molar-refractivity contribution in [1.82, 2.24) is 9.78 Å². The molecular weight excluding hydrogens is 298 g/mol. The van der Waals surface area contributed by atoms with Crippen LogP contribution in [0.5, 0.6) is 0 Å². The molecule has 0 aromatic carbocycles. The number of hydrogen-bond acceptors (Lipinski definition) is 4. The average Bonchev–Trinajstić information content (AvgIpc) is 2.92. The summed E-state index contributed by atoms with van der Waals surface area (Å²) < 4.78 is 13.8. The topological polar surface area (TPSA) is 62.3 Å². The minimum atomic E-state index is -0.149. The van der Waals surface area contributed by atoms with Gasteiger partial charge < -0.3 is 15.2 Å². The molecule has 5 nitrogen and oxygen atoms in total. The van der Waals surface area contributed by atoms with Gasteiger partial charge in [0.1, 0.15) is 0 Å². The standard InChI is InChI=1S/C12H20BrN3O2/c1-8-3-4-10(18-8)11(14)12-9(13)7-15-16(12)5-6-17-2/h7-8,10-11H,3-6,14H2,1-2H3. The van der Waals surface area contributed by atoms with Gasteiger partial charge >= 0.3 is 0 Å². The lowest BCUT2D eigenvalue weighted by atomic mass is 10.1. The summed E-state index contributed by atoms with van der Waals surface area (Å²) in [5, 5.41) is 4.32. The third-order valence-electron chi connectivity index (χ3n) is 3.32. The summed E-state index contributed by atoms with van der Waals surface area (Å²) in [5.74, 6) is 0. The van der Waals surface area contributed by atoms with Crippen LogP contribution in [0.25, 0.3) is 0 Å². The molecule has 1 aromatic rings. The monoisotopic (exact) mass is 317 g/mol. The van der Waals surface area contributed by atoms with Crippen molar-refractivity contribution in [2.45, 2.75) is 44.6 Å². The van der Waals surface area contributed by atoms with Crippen LogP contribution in [-0.2, 0) is 16.0 Å². The van der Waals surface area contributed by atoms with E-state index in [1.54, 1.807) is 13.3 Å². The molecular formula is C12H20BrN3O2. The van der Waals surface area contributed by atoms with Gasteiger partial charge in [-0.15, -0.1) is 0 Å². The highest BCUT2D eigenvalue weighted by molar-refractivity contribution is 9.10. The Morgan fingerprint density at radius 3 is 3.06 bits per heavy atom. The number of rotatable bonds is 5. The molecule has 0 bridgehead atoms. The fourth-order valence-electron chi connectivity index (χ4n) is 2.33. The number of aromatic nitrogens is 2. The number of halogens is 1. The molecule has 2 heterocycles. The number of nitrogens with zero attached hydrogens (tertiary/aromatic N) is 2. The summed E-state index contributed by atoms with van der Waals surface area (Å²) in [6.45, 7) is 3.41. The lowest BCUT2D eigenvalue weighted by molar-refractivity contribution is 0.0379. The van der Waals surface area contributed by atoms with E-state index in [4.69, 9.17) is 15.2 Å². The van der Waals surface area contributed by atoms with E-state index in [1.165, 1.54) is 0 Å². The number of hydrogen-bond donors (Lipinski definition) is 1. The maximum absolute atomic E-state index is 6.32. The molecule has 2 rings (SSSR count). The molecule has 1 aliphatic heterocycles. The van der Waals surface area contributed by atoms with Crippen LogP contribution in [0.1, 0.15) is 31.5 Å². The van der Waals surface area contributed by atoms with Crippen LogP contribution in [0.4, 0.5) is 0 Å². The number of ether oxygens (including phenoxy) is 2. The quantitative estimate of drug-likeness (QED) is 0.900. The number of methoxy groups -OCH3 is 1. The Bertz CT molecular complexity index is 397. The molecule has 0 saturated carbocycles. The first-order chi connectivity index (χ1) is 8.63. The molecule has 0 radical (unpaired) electrons. The molecule has 3 atom stereocenters. The van der Waals surface area contributed by atoms with E-state index in [9.17, 15) is 0 Å². The van der Waals surface area contributed by atoms with Crippen molar-refractivity contribution in [2.75, 3.05) is 13.7 Å². The van der Waals surface area contributed by atoms with E-state index in [0.717, 1.165) is 23.0 Å². The van der Waals surface area contributed by atoms with Gasteiger partial charge in [-0.2, -0.15) is 5.10 Å². The van der Waals surface area contributed by atoms with Crippen molar-refractivity contribution >= 4 is 15.9 Å². The Kier molecular flexibility index (Phi) is 4.77. The van der Waals surface area contributed by atoms with Crippen LogP contribution in [-0.4, -0.2) is 35.7 Å². The minimum Gasteiger partial charge on any atom is -0.383 e. The van der Waals surface area contributed by atoms with Gasteiger partial charge in [0.25, 0.3) is 0 Å². The normalized spacial score (nSPS) is 25.6. The summed E-state index contributed by atoms with van der Waals surface area (Å²) in [6.07, 6.45) is 4.24. The second-order valence-electron chi connectivity index (χ2n) is 4.68. The van der Waals surface area contributed by atoms with Crippen molar-refractivity contribution in [3.8, 4) is 0 Å². The molecule has 3 unspecified atom stereocenters. The van der Waals surface area contributed by atoms with Crippen molar-refractivity contribution < 1.29 is 9.47 Å². The first kappa shape index (κ1) is 14.0. The average molecular weight is 318 g/mol. The lowest BCUT2D eigenvalue weighted by Crippen LogP contribution is -2.29. The third kappa shape index (κ3) is 2.93. The maximum atomic E-state index is 6.32. The fraction of sp³-hybridized carbons (Fsp3) is 0.750. The predicted octanol–water partition coefficient (Wildman–Crippen LogP) is 1.86. The molecule has 102 valence electrons. The Hall–Kier alpha value is -0.430. The minimum absolute atomic E-state index is 0.0781. The Morgan fingerprint density at radius 1 is 1.67 bits per heavy atom. The zero-order valence-corrected chi connectivity index (χ0v) is 12.4. The van der Waals surface area contributed by atoms with E-state index < -0.39 is 0 Å². The van der Waals surface area contributed by atoms with E-state index in [2.05, 4.69) is 28.0 Å². The number of nitrogens with two attached hydrogens (primary N) is 1. The first-order valence-electron chi connectivity index (χ1n) is 6.24. The van der Waals surface area contributed by atoms with Gasteiger partial charge in [-0.1, -0.05) is 0 Å². The highest BCUT2D eigenvalue weighted by atomic mass is 79.9. The zero-order chi connectivity index (χ0) is 13.1. The van der Waals surface area contributed by atoms with Crippen LogP contribution in [0, 0.1) is 0 Å². The fourth-order valence-corrected chi connectivity index (χ4v) is 2.89. The molecule has 1 saturated heterocycles. The van der Waals surface area contributed by atoms with Gasteiger partial charge in [0.05, 0.1) is 47.8 Å². The molecule has 18 heavy (non-hydrogen) atoms. The summed E-state index contributed by atoms with van der Waals surface area (Å²) in [7, 11) is 1.68. The summed E-state index contributed by atoms with van der Waals surface area (Å²) in [4.78, 5) is 0. The summed E-state index contributed by atoms with van der Waals surface area (Å²) >= 11 is 3.51. The summed E-state index contributed by atoms with van der Waals surface area (Å²) in [6, 6.07) is -0.149. The van der Waals surface area contributed by atoms with Gasteiger partial charge in [0, 0.05) is 7.11 Å². The second-order valence-corrected chi connectivity index (χ2v) is 5.54.